The highest BCUT2D eigenvalue weighted by atomic mass is 32.1. The van der Waals surface area contributed by atoms with E-state index in [1.807, 2.05) is 0 Å². The quantitative estimate of drug-likeness (QED) is 0.354. The molecule has 0 aliphatic carbocycles. The van der Waals surface area contributed by atoms with Crippen LogP contribution in [0.1, 0.15) is 49.6 Å². The maximum absolute atomic E-state index is 13.0. The first kappa shape index (κ1) is 22.9. The summed E-state index contributed by atoms with van der Waals surface area (Å²) in [6.07, 6.45) is 2.55. The molecule has 4 rings (SSSR count). The number of hydrogen-bond acceptors (Lipinski definition) is 9. The average molecular weight is 477 g/mol. The number of esters is 2. The van der Waals surface area contributed by atoms with Gasteiger partial charge in [-0.2, -0.15) is 0 Å². The third-order valence-corrected chi connectivity index (χ3v) is 6.74. The zero-order valence-corrected chi connectivity index (χ0v) is 19.3. The van der Waals surface area contributed by atoms with Crippen LogP contribution in [0.5, 0.6) is 0 Å². The largest absolute Gasteiger partial charge is 0.427 e. The zero-order chi connectivity index (χ0) is 24.2. The van der Waals surface area contributed by atoms with Gasteiger partial charge in [-0.3, -0.25) is 18.8 Å². The molecular formula is C21H24N4O7S. The topological polar surface area (TPSA) is 154 Å². The number of aromatic nitrogens is 2. The number of carbonyl (C=O) groups excluding carboxylic acids is 4. The molecule has 0 unspecified atom stereocenters. The molecule has 11 nitrogen and oxygen atoms in total. The van der Waals surface area contributed by atoms with E-state index >= 15 is 0 Å². The van der Waals surface area contributed by atoms with E-state index < -0.39 is 48.1 Å². The fourth-order valence-electron chi connectivity index (χ4n) is 4.02. The van der Waals surface area contributed by atoms with Gasteiger partial charge in [0.25, 0.3) is 5.91 Å². The fraction of sp³-hybridized carbons (Fsp3) is 0.476. The van der Waals surface area contributed by atoms with E-state index in [2.05, 4.69) is 4.98 Å². The lowest BCUT2D eigenvalue weighted by molar-refractivity contribution is -0.175. The molecule has 0 radical (unpaired) electrons. The number of fused-ring (bicyclic) bond motifs is 2. The van der Waals surface area contributed by atoms with Crippen LogP contribution in [0, 0.1) is 11.3 Å². The Bertz CT molecular complexity index is 1200. The standard InChI is InChI=1S/C21H24N4O7S/c1-9(26)14-11-5-10(12-7-24-13(33-12)6-23-17(24)16(22)27)15(25(11)18(14)28)19(29)31-8-32-20(30)21(2,3)4/h6-7,9,11,14,26H,5,8H2,1-4H3,(H2,22,27)/t9-,11-,14-/m1/s1. The molecule has 4 heterocycles. The Hall–Kier alpha value is -3.25. The van der Waals surface area contributed by atoms with Crippen LogP contribution in [-0.4, -0.2) is 62.1 Å². The van der Waals surface area contributed by atoms with Crippen LogP contribution >= 0.6 is 11.3 Å². The van der Waals surface area contributed by atoms with Crippen LogP contribution in [0.25, 0.3) is 10.4 Å². The third kappa shape index (κ3) is 3.78. The highest BCUT2D eigenvalue weighted by molar-refractivity contribution is 7.18. The van der Waals surface area contributed by atoms with Gasteiger partial charge >= 0.3 is 11.9 Å². The summed E-state index contributed by atoms with van der Waals surface area (Å²) in [7, 11) is 0. The Morgan fingerprint density at radius 1 is 1.33 bits per heavy atom. The number of amides is 2. The molecule has 176 valence electrons. The van der Waals surface area contributed by atoms with Gasteiger partial charge in [0.2, 0.25) is 18.5 Å². The number of carbonyl (C=O) groups is 4. The van der Waals surface area contributed by atoms with Crippen LogP contribution < -0.4 is 5.73 Å². The molecule has 1 saturated heterocycles. The number of ether oxygens (including phenoxy) is 2. The normalized spacial score (nSPS) is 21.1. The van der Waals surface area contributed by atoms with E-state index in [0.29, 0.717) is 21.7 Å². The van der Waals surface area contributed by atoms with Crippen molar-refractivity contribution in [2.45, 2.75) is 46.3 Å². The minimum Gasteiger partial charge on any atom is -0.427 e. The van der Waals surface area contributed by atoms with E-state index in [9.17, 15) is 24.3 Å². The number of β-lactam (4-membered cyclic amide) rings is 1. The number of thiazole rings is 1. The van der Waals surface area contributed by atoms with Gasteiger partial charge in [0.05, 0.1) is 34.6 Å². The van der Waals surface area contributed by atoms with Gasteiger partial charge in [0.1, 0.15) is 10.5 Å². The first-order valence-electron chi connectivity index (χ1n) is 10.3. The lowest BCUT2D eigenvalue weighted by Crippen LogP contribution is -2.61. The van der Waals surface area contributed by atoms with Gasteiger partial charge in [0, 0.05) is 11.8 Å². The van der Waals surface area contributed by atoms with Crippen molar-refractivity contribution in [2.24, 2.45) is 17.1 Å². The van der Waals surface area contributed by atoms with E-state index in [4.69, 9.17) is 15.2 Å². The maximum atomic E-state index is 13.0. The minimum absolute atomic E-state index is 0.0341. The number of nitrogens with two attached hydrogens (primary N) is 1. The van der Waals surface area contributed by atoms with E-state index in [1.165, 1.54) is 33.8 Å². The van der Waals surface area contributed by atoms with Crippen LogP contribution in [0.15, 0.2) is 18.1 Å². The maximum Gasteiger partial charge on any atom is 0.358 e. The van der Waals surface area contributed by atoms with Crippen molar-refractivity contribution < 1.29 is 33.8 Å². The first-order chi connectivity index (χ1) is 15.4. The van der Waals surface area contributed by atoms with Crippen molar-refractivity contribution in [1.82, 2.24) is 14.3 Å². The molecule has 3 N–H and O–H groups in total. The molecule has 3 atom stereocenters. The lowest BCUT2D eigenvalue weighted by Gasteiger charge is -2.44. The molecule has 0 saturated carbocycles. The Morgan fingerprint density at radius 2 is 2.03 bits per heavy atom. The van der Waals surface area contributed by atoms with Crippen molar-refractivity contribution in [3.8, 4) is 0 Å². The number of rotatable bonds is 6. The number of imidazole rings is 1. The Balaban J connectivity index is 1.66. The molecule has 0 aromatic carbocycles. The van der Waals surface area contributed by atoms with Crippen molar-refractivity contribution >= 4 is 45.5 Å². The molecule has 2 aliphatic heterocycles. The average Bonchev–Trinajstić information content (AvgIpc) is 3.36. The molecule has 2 amide bonds. The summed E-state index contributed by atoms with van der Waals surface area (Å²) in [5.74, 6) is -3.04. The third-order valence-electron chi connectivity index (χ3n) is 5.66. The van der Waals surface area contributed by atoms with Crippen LogP contribution in [0.4, 0.5) is 0 Å². The molecule has 2 aromatic rings. The second kappa shape index (κ2) is 7.96. The molecule has 0 spiro atoms. The Labute approximate surface area is 192 Å². The molecule has 2 aromatic heterocycles. The molecular weight excluding hydrogens is 452 g/mol. The number of aliphatic hydroxyl groups is 1. The first-order valence-corrected chi connectivity index (χ1v) is 11.1. The summed E-state index contributed by atoms with van der Waals surface area (Å²) < 4.78 is 11.7. The van der Waals surface area contributed by atoms with Gasteiger partial charge in [-0.15, -0.1) is 11.3 Å². The molecule has 33 heavy (non-hydrogen) atoms. The predicted octanol–water partition coefficient (Wildman–Crippen LogP) is 0.907. The lowest BCUT2D eigenvalue weighted by atomic mass is 9.83. The number of hydrogen-bond donors (Lipinski definition) is 2. The fourth-order valence-corrected chi connectivity index (χ4v) is 5.05. The summed E-state index contributed by atoms with van der Waals surface area (Å²) in [5, 5.41) is 10.0. The van der Waals surface area contributed by atoms with Crippen LogP contribution in [0.3, 0.4) is 0 Å². The van der Waals surface area contributed by atoms with E-state index in [0.717, 1.165) is 0 Å². The monoisotopic (exact) mass is 476 g/mol. The van der Waals surface area contributed by atoms with Gasteiger partial charge in [-0.1, -0.05) is 0 Å². The molecule has 12 heteroatoms. The van der Waals surface area contributed by atoms with Crippen molar-refractivity contribution in [2.75, 3.05) is 6.79 Å². The zero-order valence-electron chi connectivity index (χ0n) is 18.5. The van der Waals surface area contributed by atoms with Gasteiger partial charge < -0.3 is 25.2 Å². The van der Waals surface area contributed by atoms with E-state index in [-0.39, 0.29) is 17.4 Å². The van der Waals surface area contributed by atoms with Gasteiger partial charge in [0.15, 0.2) is 0 Å². The Kier molecular flexibility index (Phi) is 5.53. The van der Waals surface area contributed by atoms with Crippen molar-refractivity contribution in [3.05, 3.63) is 28.8 Å². The van der Waals surface area contributed by atoms with Crippen LogP contribution in [-0.2, 0) is 23.9 Å². The van der Waals surface area contributed by atoms with Crippen molar-refractivity contribution in [3.63, 3.8) is 0 Å². The van der Waals surface area contributed by atoms with E-state index in [1.54, 1.807) is 27.0 Å². The molecule has 2 aliphatic rings. The summed E-state index contributed by atoms with van der Waals surface area (Å²) >= 11 is 1.27. The SMILES string of the molecule is C[C@@H](O)[C@H]1C(=O)N2C(C(=O)OCOC(=O)C(C)(C)C)=C(c3cn4c(C(N)=O)ncc4s3)C[C@H]12. The summed E-state index contributed by atoms with van der Waals surface area (Å²) in [6.45, 7) is 5.94. The van der Waals surface area contributed by atoms with Crippen LogP contribution in [0.2, 0.25) is 0 Å². The smallest absolute Gasteiger partial charge is 0.358 e. The minimum atomic E-state index is -0.882. The number of primary amides is 1. The number of aliphatic hydroxyl groups excluding tert-OH is 1. The second-order valence-electron chi connectivity index (χ2n) is 9.05. The van der Waals surface area contributed by atoms with Gasteiger partial charge in [-0.05, 0) is 34.1 Å². The highest BCUT2D eigenvalue weighted by Crippen LogP contribution is 2.48. The number of nitrogens with zero attached hydrogens (tertiary/aromatic N) is 3. The molecule has 0 bridgehead atoms. The summed E-state index contributed by atoms with van der Waals surface area (Å²) in [4.78, 5) is 55.8. The summed E-state index contributed by atoms with van der Waals surface area (Å²) in [6, 6.07) is -0.401. The summed E-state index contributed by atoms with van der Waals surface area (Å²) in [5.41, 5.74) is 5.17. The highest BCUT2D eigenvalue weighted by Gasteiger charge is 2.57. The second-order valence-corrected chi connectivity index (χ2v) is 10.1. The van der Waals surface area contributed by atoms with Gasteiger partial charge in [-0.25, -0.2) is 9.78 Å². The van der Waals surface area contributed by atoms with Crippen molar-refractivity contribution in [1.29, 1.82) is 0 Å². The Morgan fingerprint density at radius 3 is 2.64 bits per heavy atom. The molecule has 1 fully saturated rings. The predicted molar refractivity (Wildman–Crippen MR) is 115 cm³/mol.